The van der Waals surface area contributed by atoms with E-state index in [9.17, 15) is 14.4 Å². The van der Waals surface area contributed by atoms with Gasteiger partial charge in [0.15, 0.2) is 5.82 Å². The number of carbonyl (C=O) groups excluding carboxylic acids is 3. The number of amides is 3. The first-order valence-electron chi connectivity index (χ1n) is 8.14. The first-order chi connectivity index (χ1) is 12.8. The van der Waals surface area contributed by atoms with Crippen molar-refractivity contribution < 1.29 is 19.1 Å². The molecule has 7 nitrogen and oxygen atoms in total. The molecular weight excluding hydrogens is 366 g/mol. The van der Waals surface area contributed by atoms with Gasteiger partial charge in [-0.1, -0.05) is 24.0 Å². The highest BCUT2D eigenvalue weighted by Gasteiger charge is 2.34. The van der Waals surface area contributed by atoms with Crippen LogP contribution in [0.25, 0.3) is 0 Å². The maximum atomic E-state index is 12.3. The fourth-order valence-corrected chi connectivity index (χ4v) is 3.02. The van der Waals surface area contributed by atoms with Crippen LogP contribution in [0.1, 0.15) is 46.4 Å². The largest absolute Gasteiger partial charge is 0.444 e. The van der Waals surface area contributed by atoms with Crippen LogP contribution in [0.2, 0.25) is 0 Å². The first kappa shape index (κ1) is 18.6. The van der Waals surface area contributed by atoms with E-state index in [4.69, 9.17) is 4.74 Å². The van der Waals surface area contributed by atoms with Gasteiger partial charge in [-0.25, -0.2) is 9.78 Å². The molecule has 0 saturated heterocycles. The average Bonchev–Trinajstić information content (AvgIpc) is 3.11. The minimum atomic E-state index is -0.628. The Balaban J connectivity index is 1.68. The van der Waals surface area contributed by atoms with Crippen LogP contribution in [0.15, 0.2) is 29.8 Å². The van der Waals surface area contributed by atoms with Crippen LogP contribution in [-0.2, 0) is 4.74 Å². The van der Waals surface area contributed by atoms with Gasteiger partial charge in [0.2, 0.25) is 0 Å². The van der Waals surface area contributed by atoms with Crippen molar-refractivity contribution in [3.63, 3.8) is 0 Å². The highest BCUT2D eigenvalue weighted by atomic mass is 32.1. The van der Waals surface area contributed by atoms with Gasteiger partial charge in [0.1, 0.15) is 10.5 Å². The summed E-state index contributed by atoms with van der Waals surface area (Å²) in [6.07, 6.45) is -0.628. The summed E-state index contributed by atoms with van der Waals surface area (Å²) in [6, 6.07) is 6.67. The van der Waals surface area contributed by atoms with Crippen molar-refractivity contribution >= 4 is 35.1 Å². The monoisotopic (exact) mass is 383 g/mol. The van der Waals surface area contributed by atoms with Crippen molar-refractivity contribution in [1.82, 2.24) is 9.88 Å². The lowest BCUT2D eigenvalue weighted by molar-refractivity contribution is 0.0631. The number of benzene rings is 1. The SMILES string of the molecule is CC(C)(C)OC(=O)Nc1ncsc1C#CCN1C(=O)c2ccccc2C1=O. The number of thiazole rings is 1. The zero-order chi connectivity index (χ0) is 19.6. The fraction of sp³-hybridized carbons (Fsp3) is 0.263. The third kappa shape index (κ3) is 4.15. The van der Waals surface area contributed by atoms with Gasteiger partial charge < -0.3 is 4.74 Å². The lowest BCUT2D eigenvalue weighted by Crippen LogP contribution is -2.30. The number of ether oxygens (including phenoxy) is 1. The second kappa shape index (κ2) is 7.21. The Labute approximate surface area is 160 Å². The maximum absolute atomic E-state index is 12.3. The van der Waals surface area contributed by atoms with E-state index in [-0.39, 0.29) is 24.2 Å². The third-order valence-corrected chi connectivity index (χ3v) is 4.25. The summed E-state index contributed by atoms with van der Waals surface area (Å²) in [4.78, 5) is 42.1. The molecule has 1 aliphatic rings. The van der Waals surface area contributed by atoms with Crippen molar-refractivity contribution in [2.45, 2.75) is 26.4 Å². The molecule has 0 aliphatic carbocycles. The van der Waals surface area contributed by atoms with E-state index >= 15 is 0 Å². The van der Waals surface area contributed by atoms with Crippen LogP contribution in [-0.4, -0.2) is 39.9 Å². The van der Waals surface area contributed by atoms with Gasteiger partial charge in [0.05, 0.1) is 23.2 Å². The number of fused-ring (bicyclic) bond motifs is 1. The summed E-state index contributed by atoms with van der Waals surface area (Å²) < 4.78 is 5.18. The summed E-state index contributed by atoms with van der Waals surface area (Å²) in [5, 5.41) is 2.55. The number of hydrogen-bond acceptors (Lipinski definition) is 6. The van der Waals surface area contributed by atoms with Crippen molar-refractivity contribution in [2.24, 2.45) is 0 Å². The van der Waals surface area contributed by atoms with Gasteiger partial charge in [0.25, 0.3) is 11.8 Å². The van der Waals surface area contributed by atoms with Gasteiger partial charge in [0, 0.05) is 0 Å². The topological polar surface area (TPSA) is 88.6 Å². The molecule has 0 bridgehead atoms. The Kier molecular flexibility index (Phi) is 4.97. The summed E-state index contributed by atoms with van der Waals surface area (Å²) in [7, 11) is 0. The smallest absolute Gasteiger partial charge is 0.413 e. The molecular formula is C19H17N3O4S. The van der Waals surface area contributed by atoms with E-state index in [1.54, 1.807) is 50.5 Å². The lowest BCUT2D eigenvalue weighted by atomic mass is 10.1. The van der Waals surface area contributed by atoms with Crippen LogP contribution in [0, 0.1) is 11.8 Å². The normalized spacial score (nSPS) is 13.1. The summed E-state index contributed by atoms with van der Waals surface area (Å²) in [5.74, 6) is 5.21. The van der Waals surface area contributed by atoms with Crippen LogP contribution in [0.5, 0.6) is 0 Å². The summed E-state index contributed by atoms with van der Waals surface area (Å²) in [6.45, 7) is 5.24. The molecule has 138 valence electrons. The molecule has 0 radical (unpaired) electrons. The van der Waals surface area contributed by atoms with E-state index in [1.807, 2.05) is 0 Å². The molecule has 2 aromatic rings. The molecule has 8 heteroatoms. The first-order valence-corrected chi connectivity index (χ1v) is 9.02. The summed E-state index contributed by atoms with van der Waals surface area (Å²) in [5.41, 5.74) is 1.68. The molecule has 3 rings (SSSR count). The number of nitrogens with one attached hydrogen (secondary N) is 1. The van der Waals surface area contributed by atoms with E-state index in [1.165, 1.54) is 11.3 Å². The van der Waals surface area contributed by atoms with Gasteiger partial charge in [-0.2, -0.15) is 0 Å². The van der Waals surface area contributed by atoms with Crippen LogP contribution < -0.4 is 5.32 Å². The predicted octanol–water partition coefficient (Wildman–Crippen LogP) is 3.14. The molecule has 0 unspecified atom stereocenters. The standard InChI is InChI=1S/C19H17N3O4S/c1-19(2,3)26-18(25)21-15-14(27-11-20-15)9-6-10-22-16(23)12-7-4-5-8-13(12)17(22)24/h4-5,7-8,11H,10H2,1-3H3,(H,21,25). The highest BCUT2D eigenvalue weighted by Crippen LogP contribution is 2.22. The van der Waals surface area contributed by atoms with Gasteiger partial charge in [-0.15, -0.1) is 11.3 Å². The molecule has 0 spiro atoms. The number of nitrogens with zero attached hydrogens (tertiary/aromatic N) is 2. The zero-order valence-electron chi connectivity index (χ0n) is 15.0. The van der Waals surface area contributed by atoms with Crippen molar-refractivity contribution in [2.75, 3.05) is 11.9 Å². The van der Waals surface area contributed by atoms with Gasteiger partial charge >= 0.3 is 6.09 Å². The maximum Gasteiger partial charge on any atom is 0.413 e. The second-order valence-corrected chi connectivity index (χ2v) is 7.56. The molecule has 2 heterocycles. The number of anilines is 1. The van der Waals surface area contributed by atoms with E-state index in [0.29, 0.717) is 16.0 Å². The van der Waals surface area contributed by atoms with Crippen molar-refractivity contribution in [3.05, 3.63) is 45.8 Å². The number of carbonyl (C=O) groups is 3. The number of imide groups is 1. The molecule has 0 saturated carbocycles. The second-order valence-electron chi connectivity index (χ2n) is 6.70. The van der Waals surface area contributed by atoms with E-state index in [0.717, 1.165) is 4.90 Å². The Morgan fingerprint density at radius 2 is 1.85 bits per heavy atom. The third-order valence-electron chi connectivity index (χ3n) is 3.50. The van der Waals surface area contributed by atoms with Crippen LogP contribution >= 0.6 is 11.3 Å². The molecule has 3 amide bonds. The predicted molar refractivity (Wildman–Crippen MR) is 101 cm³/mol. The molecule has 1 aromatic carbocycles. The molecule has 27 heavy (non-hydrogen) atoms. The van der Waals surface area contributed by atoms with Crippen LogP contribution in [0.3, 0.4) is 0 Å². The van der Waals surface area contributed by atoms with Crippen molar-refractivity contribution in [3.8, 4) is 11.8 Å². The quantitative estimate of drug-likeness (QED) is 0.636. The molecule has 1 aliphatic heterocycles. The Morgan fingerprint density at radius 3 is 2.44 bits per heavy atom. The minimum Gasteiger partial charge on any atom is -0.444 e. The average molecular weight is 383 g/mol. The van der Waals surface area contributed by atoms with E-state index in [2.05, 4.69) is 22.1 Å². The number of hydrogen-bond donors (Lipinski definition) is 1. The zero-order valence-corrected chi connectivity index (χ0v) is 15.8. The Bertz CT molecular complexity index is 944. The molecule has 1 N–H and O–H groups in total. The highest BCUT2D eigenvalue weighted by molar-refractivity contribution is 7.10. The Morgan fingerprint density at radius 1 is 1.22 bits per heavy atom. The van der Waals surface area contributed by atoms with Gasteiger partial charge in [-0.3, -0.25) is 19.8 Å². The van der Waals surface area contributed by atoms with Gasteiger partial charge in [-0.05, 0) is 32.9 Å². The van der Waals surface area contributed by atoms with E-state index < -0.39 is 11.7 Å². The molecule has 1 aromatic heterocycles. The number of rotatable bonds is 2. The lowest BCUT2D eigenvalue weighted by Gasteiger charge is -2.19. The fourth-order valence-electron chi connectivity index (χ4n) is 2.41. The summed E-state index contributed by atoms with van der Waals surface area (Å²) >= 11 is 1.24. The Hall–Kier alpha value is -3.18. The molecule has 0 fully saturated rings. The number of aromatic nitrogens is 1. The minimum absolute atomic E-state index is 0.0455. The molecule has 0 atom stereocenters. The van der Waals surface area contributed by atoms with Crippen molar-refractivity contribution in [1.29, 1.82) is 0 Å². The van der Waals surface area contributed by atoms with Crippen LogP contribution in [0.4, 0.5) is 10.6 Å².